The van der Waals surface area contributed by atoms with Gasteiger partial charge in [0, 0.05) is 5.69 Å². The summed E-state index contributed by atoms with van der Waals surface area (Å²) in [4.78, 5) is 0. The molecule has 118 valence electrons. The molecule has 22 heavy (non-hydrogen) atoms. The molecule has 0 heterocycles. The highest BCUT2D eigenvalue weighted by Gasteiger charge is 2.37. The van der Waals surface area contributed by atoms with Crippen molar-refractivity contribution >= 4 is 5.69 Å². The van der Waals surface area contributed by atoms with E-state index in [-0.39, 0.29) is 5.69 Å². The number of rotatable bonds is 2. The van der Waals surface area contributed by atoms with Gasteiger partial charge in [0.25, 0.3) is 0 Å². The number of benzene rings is 2. The van der Waals surface area contributed by atoms with Crippen molar-refractivity contribution < 1.29 is 31.1 Å². The first kappa shape index (κ1) is 16.0. The number of para-hydroxylation sites is 1. The van der Waals surface area contributed by atoms with E-state index in [2.05, 4.69) is 0 Å². The van der Waals surface area contributed by atoms with E-state index in [9.17, 15) is 26.3 Å². The number of hydrogen-bond donors (Lipinski definition) is 1. The average molecular weight is 321 g/mol. The summed E-state index contributed by atoms with van der Waals surface area (Å²) in [5.74, 6) is -1.47. The molecule has 0 aliphatic carbocycles. The zero-order chi connectivity index (χ0) is 16.5. The summed E-state index contributed by atoms with van der Waals surface area (Å²) in [6.07, 6.45) is -9.55. The fourth-order valence-corrected chi connectivity index (χ4v) is 1.77. The van der Waals surface area contributed by atoms with E-state index >= 15 is 0 Å². The van der Waals surface area contributed by atoms with Crippen molar-refractivity contribution in [3.63, 3.8) is 0 Å². The molecule has 2 aromatic rings. The topological polar surface area (TPSA) is 35.2 Å². The van der Waals surface area contributed by atoms with Crippen LogP contribution >= 0.6 is 0 Å². The maximum Gasteiger partial charge on any atom is 0.420 e. The smallest absolute Gasteiger partial charge is 0.420 e. The van der Waals surface area contributed by atoms with Crippen LogP contribution in [0.15, 0.2) is 42.5 Å². The molecule has 0 saturated carbocycles. The van der Waals surface area contributed by atoms with Gasteiger partial charge in [0.1, 0.15) is 17.1 Å². The standard InChI is InChI=1S/C14H9F6NO/c15-13(16,17)9-3-1-2-4-11(9)22-12-6-5-8(21)7-10(12)14(18,19)20/h1-7H,21H2. The predicted molar refractivity (Wildman–Crippen MR) is 67.4 cm³/mol. The number of halogens is 6. The molecule has 0 radical (unpaired) electrons. The normalized spacial score (nSPS) is 12.3. The summed E-state index contributed by atoms with van der Waals surface area (Å²) < 4.78 is 82.1. The van der Waals surface area contributed by atoms with Gasteiger partial charge in [-0.05, 0) is 30.3 Å². The van der Waals surface area contributed by atoms with E-state index < -0.39 is 35.0 Å². The van der Waals surface area contributed by atoms with E-state index in [1.54, 1.807) is 0 Å². The highest BCUT2D eigenvalue weighted by Crippen LogP contribution is 2.42. The molecule has 0 unspecified atom stereocenters. The van der Waals surface area contributed by atoms with Crippen LogP contribution in [0, 0.1) is 0 Å². The molecular formula is C14H9F6NO. The van der Waals surface area contributed by atoms with E-state index in [1.165, 1.54) is 6.07 Å². The molecule has 0 aliphatic rings. The Morgan fingerprint density at radius 2 is 1.27 bits per heavy atom. The van der Waals surface area contributed by atoms with Gasteiger partial charge in [0.05, 0.1) is 5.56 Å². The van der Waals surface area contributed by atoms with Gasteiger partial charge in [-0.15, -0.1) is 0 Å². The molecule has 2 N–H and O–H groups in total. The summed E-state index contributed by atoms with van der Waals surface area (Å²) in [6, 6.07) is 6.61. The molecule has 0 atom stereocenters. The van der Waals surface area contributed by atoms with E-state index in [4.69, 9.17) is 10.5 Å². The Morgan fingerprint density at radius 1 is 0.727 bits per heavy atom. The van der Waals surface area contributed by atoms with Gasteiger partial charge in [-0.25, -0.2) is 0 Å². The first-order valence-electron chi connectivity index (χ1n) is 5.90. The van der Waals surface area contributed by atoms with E-state index in [1.807, 2.05) is 0 Å². The van der Waals surface area contributed by atoms with Crippen LogP contribution in [-0.2, 0) is 12.4 Å². The Hall–Kier alpha value is -2.38. The Labute approximate surface area is 121 Å². The molecule has 0 aromatic heterocycles. The summed E-state index contributed by atoms with van der Waals surface area (Å²) >= 11 is 0. The quantitative estimate of drug-likeness (QED) is 0.617. The number of nitrogens with two attached hydrogens (primary N) is 1. The van der Waals surface area contributed by atoms with Gasteiger partial charge in [0.2, 0.25) is 0 Å². The fourth-order valence-electron chi connectivity index (χ4n) is 1.77. The highest BCUT2D eigenvalue weighted by atomic mass is 19.4. The van der Waals surface area contributed by atoms with E-state index in [0.29, 0.717) is 6.07 Å². The number of hydrogen-bond acceptors (Lipinski definition) is 2. The lowest BCUT2D eigenvalue weighted by Crippen LogP contribution is -2.10. The van der Waals surface area contributed by atoms with Crippen molar-refractivity contribution in [1.82, 2.24) is 0 Å². The van der Waals surface area contributed by atoms with Gasteiger partial charge in [-0.2, -0.15) is 26.3 Å². The predicted octanol–water partition coefficient (Wildman–Crippen LogP) is 5.10. The van der Waals surface area contributed by atoms with Crippen molar-refractivity contribution in [1.29, 1.82) is 0 Å². The lowest BCUT2D eigenvalue weighted by atomic mass is 10.1. The molecule has 0 fully saturated rings. The number of alkyl halides is 6. The first-order chi connectivity index (χ1) is 10.1. The summed E-state index contributed by atoms with van der Waals surface area (Å²) in [6.45, 7) is 0. The largest absolute Gasteiger partial charge is 0.456 e. The third kappa shape index (κ3) is 3.44. The monoisotopic (exact) mass is 321 g/mol. The second-order valence-corrected chi connectivity index (χ2v) is 4.35. The maximum absolute atomic E-state index is 12.9. The van der Waals surface area contributed by atoms with Crippen molar-refractivity contribution in [2.45, 2.75) is 12.4 Å². The van der Waals surface area contributed by atoms with Gasteiger partial charge in [-0.1, -0.05) is 12.1 Å². The van der Waals surface area contributed by atoms with Crippen LogP contribution < -0.4 is 10.5 Å². The van der Waals surface area contributed by atoms with Crippen LogP contribution in [-0.4, -0.2) is 0 Å². The Morgan fingerprint density at radius 3 is 1.86 bits per heavy atom. The third-order valence-electron chi connectivity index (χ3n) is 2.72. The molecule has 0 aliphatic heterocycles. The van der Waals surface area contributed by atoms with Crippen molar-refractivity contribution in [3.8, 4) is 11.5 Å². The second kappa shape index (κ2) is 5.43. The van der Waals surface area contributed by atoms with Crippen molar-refractivity contribution in [2.75, 3.05) is 5.73 Å². The minimum atomic E-state index is -4.81. The molecule has 0 saturated heterocycles. The van der Waals surface area contributed by atoms with E-state index in [0.717, 1.165) is 30.3 Å². The highest BCUT2D eigenvalue weighted by molar-refractivity contribution is 5.51. The summed E-state index contributed by atoms with van der Waals surface area (Å²) in [5, 5.41) is 0. The zero-order valence-electron chi connectivity index (χ0n) is 10.8. The van der Waals surface area contributed by atoms with Gasteiger partial charge >= 0.3 is 12.4 Å². The number of ether oxygens (including phenoxy) is 1. The molecular weight excluding hydrogens is 312 g/mol. The molecule has 2 aromatic carbocycles. The number of nitrogen functional groups attached to an aromatic ring is 1. The third-order valence-corrected chi connectivity index (χ3v) is 2.72. The summed E-state index contributed by atoms with van der Waals surface area (Å²) in [5.41, 5.74) is 2.69. The Kier molecular flexibility index (Phi) is 3.95. The molecule has 8 heteroatoms. The lowest BCUT2D eigenvalue weighted by molar-refractivity contribution is -0.139. The summed E-state index contributed by atoms with van der Waals surface area (Å²) in [7, 11) is 0. The van der Waals surface area contributed by atoms with Crippen LogP contribution in [0.2, 0.25) is 0 Å². The zero-order valence-corrected chi connectivity index (χ0v) is 10.8. The van der Waals surface area contributed by atoms with Crippen LogP contribution in [0.25, 0.3) is 0 Å². The first-order valence-corrected chi connectivity index (χ1v) is 5.90. The van der Waals surface area contributed by atoms with Crippen LogP contribution in [0.3, 0.4) is 0 Å². The molecule has 2 rings (SSSR count). The molecule has 0 bridgehead atoms. The second-order valence-electron chi connectivity index (χ2n) is 4.35. The van der Waals surface area contributed by atoms with Crippen LogP contribution in [0.5, 0.6) is 11.5 Å². The van der Waals surface area contributed by atoms with Gasteiger partial charge in [-0.3, -0.25) is 0 Å². The van der Waals surface area contributed by atoms with Crippen LogP contribution in [0.1, 0.15) is 11.1 Å². The maximum atomic E-state index is 12.9. The lowest BCUT2D eigenvalue weighted by Gasteiger charge is -2.17. The Balaban J connectivity index is 2.49. The Bertz CT molecular complexity index is 678. The van der Waals surface area contributed by atoms with Gasteiger partial charge < -0.3 is 10.5 Å². The fraction of sp³-hybridized carbons (Fsp3) is 0.143. The average Bonchev–Trinajstić information content (AvgIpc) is 2.39. The van der Waals surface area contributed by atoms with Crippen molar-refractivity contribution in [3.05, 3.63) is 53.6 Å². The minimum Gasteiger partial charge on any atom is -0.456 e. The van der Waals surface area contributed by atoms with Gasteiger partial charge in [0.15, 0.2) is 0 Å². The van der Waals surface area contributed by atoms with Crippen molar-refractivity contribution in [2.24, 2.45) is 0 Å². The number of anilines is 1. The molecule has 2 nitrogen and oxygen atoms in total. The minimum absolute atomic E-state index is 0.177. The molecule has 0 spiro atoms. The van der Waals surface area contributed by atoms with Crippen LogP contribution in [0.4, 0.5) is 32.0 Å². The molecule has 0 amide bonds. The SMILES string of the molecule is Nc1ccc(Oc2ccccc2C(F)(F)F)c(C(F)(F)F)c1.